The van der Waals surface area contributed by atoms with Crippen LogP contribution >= 0.6 is 0 Å². The zero-order valence-corrected chi connectivity index (χ0v) is 8.13. The maximum atomic E-state index is 11.1. The van der Waals surface area contributed by atoms with E-state index in [1.165, 1.54) is 0 Å². The number of hydrogen-bond acceptors (Lipinski definition) is 1. The van der Waals surface area contributed by atoms with Crippen LogP contribution in [0.25, 0.3) is 0 Å². The van der Waals surface area contributed by atoms with Gasteiger partial charge in [0.15, 0.2) is 0 Å². The third-order valence-corrected chi connectivity index (χ3v) is 2.20. The van der Waals surface area contributed by atoms with E-state index in [0.29, 0.717) is 5.92 Å². The molecule has 0 spiro atoms. The summed E-state index contributed by atoms with van der Waals surface area (Å²) in [6.45, 7) is 3.67. The second kappa shape index (κ2) is 4.67. The van der Waals surface area contributed by atoms with Gasteiger partial charge in [-0.25, -0.2) is 0 Å². The second-order valence-electron chi connectivity index (χ2n) is 3.24. The van der Waals surface area contributed by atoms with Gasteiger partial charge < -0.3 is 0 Å². The first-order valence-corrected chi connectivity index (χ1v) is 4.55. The van der Waals surface area contributed by atoms with Crippen LogP contribution in [-0.4, -0.2) is 5.78 Å². The van der Waals surface area contributed by atoms with E-state index in [1.54, 1.807) is 13.0 Å². The van der Waals surface area contributed by atoms with Crippen LogP contribution < -0.4 is 0 Å². The molecule has 0 aromatic heterocycles. The van der Waals surface area contributed by atoms with Crippen LogP contribution in [0.2, 0.25) is 0 Å². The van der Waals surface area contributed by atoms with Gasteiger partial charge in [-0.05, 0) is 44.6 Å². The van der Waals surface area contributed by atoms with Gasteiger partial charge in [0.2, 0.25) is 5.78 Å². The maximum absolute atomic E-state index is 11.1. The number of allylic oxidation sites excluding steroid dienone is 4. The third-order valence-electron chi connectivity index (χ3n) is 2.20. The number of carbonyl (C=O) groups is 1. The minimum absolute atomic E-state index is 0.0831. The molecule has 1 rings (SSSR count). The Morgan fingerprint density at radius 1 is 1.62 bits per heavy atom. The van der Waals surface area contributed by atoms with Crippen molar-refractivity contribution < 1.29 is 4.79 Å². The molecule has 13 heavy (non-hydrogen) atoms. The molecule has 68 valence electrons. The van der Waals surface area contributed by atoms with E-state index in [4.69, 9.17) is 0 Å². The number of hydrogen-bond donors (Lipinski definition) is 0. The van der Waals surface area contributed by atoms with Crippen LogP contribution in [0.4, 0.5) is 0 Å². The van der Waals surface area contributed by atoms with Crippen molar-refractivity contribution in [2.24, 2.45) is 5.92 Å². The minimum Gasteiger partial charge on any atom is -0.280 e. The Balaban J connectivity index is 2.63. The van der Waals surface area contributed by atoms with Crippen molar-refractivity contribution in [2.45, 2.75) is 26.7 Å². The summed E-state index contributed by atoms with van der Waals surface area (Å²) in [6, 6.07) is 0. The van der Waals surface area contributed by atoms with Gasteiger partial charge in [-0.1, -0.05) is 23.6 Å². The van der Waals surface area contributed by atoms with E-state index in [9.17, 15) is 4.79 Å². The van der Waals surface area contributed by atoms with Gasteiger partial charge in [-0.2, -0.15) is 0 Å². The Morgan fingerprint density at radius 2 is 2.38 bits per heavy atom. The van der Waals surface area contributed by atoms with Crippen LogP contribution in [-0.2, 0) is 4.79 Å². The van der Waals surface area contributed by atoms with Gasteiger partial charge in [-0.3, -0.25) is 4.79 Å². The first-order valence-electron chi connectivity index (χ1n) is 4.55. The molecule has 0 amide bonds. The van der Waals surface area contributed by atoms with Gasteiger partial charge in [0.05, 0.1) is 0 Å². The molecule has 0 aliphatic heterocycles. The highest BCUT2D eigenvalue weighted by molar-refractivity contribution is 6.04. The van der Waals surface area contributed by atoms with Gasteiger partial charge in [0.1, 0.15) is 0 Å². The first kappa shape index (κ1) is 9.80. The standard InChI is InChI=1S/C12H14O/c1-3-6-12(13)9-10(2)11-7-4-5-8-11/h4,7,9,11H,5,8H2,1-2H3/b10-9-. The lowest BCUT2D eigenvalue weighted by Crippen LogP contribution is -1.97. The summed E-state index contributed by atoms with van der Waals surface area (Å²) in [5.74, 6) is 5.49. The molecule has 1 heteroatoms. The fraction of sp³-hybridized carbons (Fsp3) is 0.417. The van der Waals surface area contributed by atoms with Gasteiger partial charge in [-0.15, -0.1) is 0 Å². The fourth-order valence-electron chi connectivity index (χ4n) is 1.49. The molecule has 1 unspecified atom stereocenters. The van der Waals surface area contributed by atoms with Crippen molar-refractivity contribution in [3.63, 3.8) is 0 Å². The van der Waals surface area contributed by atoms with Gasteiger partial charge in [0.25, 0.3) is 0 Å². The molecule has 0 bridgehead atoms. The van der Waals surface area contributed by atoms with Crippen LogP contribution in [0.15, 0.2) is 23.8 Å². The molecule has 0 aromatic carbocycles. The molecule has 0 N–H and O–H groups in total. The lowest BCUT2D eigenvalue weighted by molar-refractivity contribution is -0.109. The van der Waals surface area contributed by atoms with E-state index in [0.717, 1.165) is 18.4 Å². The highest BCUT2D eigenvalue weighted by Crippen LogP contribution is 2.24. The lowest BCUT2D eigenvalue weighted by Gasteiger charge is -2.05. The summed E-state index contributed by atoms with van der Waals surface area (Å²) in [6.07, 6.45) is 8.24. The molecule has 1 aliphatic rings. The second-order valence-corrected chi connectivity index (χ2v) is 3.24. The summed E-state index contributed by atoms with van der Waals surface area (Å²) in [5, 5.41) is 0. The van der Waals surface area contributed by atoms with Crippen molar-refractivity contribution in [1.29, 1.82) is 0 Å². The van der Waals surface area contributed by atoms with E-state index >= 15 is 0 Å². The Morgan fingerprint density at radius 3 is 2.92 bits per heavy atom. The number of carbonyl (C=O) groups excluding carboxylic acids is 1. The summed E-state index contributed by atoms with van der Waals surface area (Å²) in [5.41, 5.74) is 1.13. The molecule has 1 aliphatic carbocycles. The van der Waals surface area contributed by atoms with Gasteiger partial charge in [0, 0.05) is 0 Å². The average Bonchev–Trinajstić information content (AvgIpc) is 2.55. The van der Waals surface area contributed by atoms with E-state index in [2.05, 4.69) is 24.0 Å². The maximum Gasteiger partial charge on any atom is 0.228 e. The molecule has 0 radical (unpaired) electrons. The molecular formula is C12H14O. The Bertz CT molecular complexity index is 310. The third kappa shape index (κ3) is 2.91. The smallest absolute Gasteiger partial charge is 0.228 e. The van der Waals surface area contributed by atoms with Gasteiger partial charge >= 0.3 is 0 Å². The van der Waals surface area contributed by atoms with Crippen molar-refractivity contribution >= 4 is 5.78 Å². The minimum atomic E-state index is -0.0831. The van der Waals surface area contributed by atoms with E-state index in [-0.39, 0.29) is 5.78 Å². The Hall–Kier alpha value is -1.29. The molecule has 0 fully saturated rings. The largest absolute Gasteiger partial charge is 0.280 e. The molecule has 0 saturated carbocycles. The van der Waals surface area contributed by atoms with Crippen molar-refractivity contribution in [3.05, 3.63) is 23.8 Å². The Labute approximate surface area is 79.5 Å². The van der Waals surface area contributed by atoms with Crippen molar-refractivity contribution in [3.8, 4) is 11.8 Å². The molecule has 0 aromatic rings. The zero-order valence-electron chi connectivity index (χ0n) is 8.13. The SMILES string of the molecule is CC#CC(=O)/C=C(/C)C1C=CCC1. The highest BCUT2D eigenvalue weighted by Gasteiger charge is 2.11. The van der Waals surface area contributed by atoms with Crippen LogP contribution in [0, 0.1) is 17.8 Å². The number of ketones is 1. The zero-order chi connectivity index (χ0) is 9.68. The van der Waals surface area contributed by atoms with Crippen LogP contribution in [0.5, 0.6) is 0 Å². The Kier molecular flexibility index (Phi) is 3.52. The molecule has 1 atom stereocenters. The van der Waals surface area contributed by atoms with Crippen molar-refractivity contribution in [1.82, 2.24) is 0 Å². The predicted molar refractivity (Wildman–Crippen MR) is 54.1 cm³/mol. The van der Waals surface area contributed by atoms with Crippen LogP contribution in [0.3, 0.4) is 0 Å². The summed E-state index contributed by atoms with van der Waals surface area (Å²) < 4.78 is 0. The molecule has 0 heterocycles. The molecule has 1 nitrogen and oxygen atoms in total. The summed E-state index contributed by atoms with van der Waals surface area (Å²) >= 11 is 0. The van der Waals surface area contributed by atoms with E-state index < -0.39 is 0 Å². The topological polar surface area (TPSA) is 17.1 Å². The monoisotopic (exact) mass is 174 g/mol. The summed E-state index contributed by atoms with van der Waals surface area (Å²) in [7, 11) is 0. The predicted octanol–water partition coefficient (Wildman–Crippen LogP) is 2.49. The molecular weight excluding hydrogens is 160 g/mol. The fourth-order valence-corrected chi connectivity index (χ4v) is 1.49. The molecule has 0 saturated heterocycles. The lowest BCUT2D eigenvalue weighted by atomic mass is 9.99. The quantitative estimate of drug-likeness (QED) is 0.272. The summed E-state index contributed by atoms with van der Waals surface area (Å²) in [4.78, 5) is 11.1. The van der Waals surface area contributed by atoms with Crippen molar-refractivity contribution in [2.75, 3.05) is 0 Å². The first-order chi connectivity index (χ1) is 6.24. The highest BCUT2D eigenvalue weighted by atomic mass is 16.1. The van der Waals surface area contributed by atoms with E-state index in [1.807, 2.05) is 6.92 Å². The number of rotatable bonds is 2. The average molecular weight is 174 g/mol. The van der Waals surface area contributed by atoms with Crippen LogP contribution in [0.1, 0.15) is 26.7 Å². The normalized spacial score (nSPS) is 21.1.